The predicted molar refractivity (Wildman–Crippen MR) is 124 cm³/mol. The summed E-state index contributed by atoms with van der Waals surface area (Å²) in [6.07, 6.45) is 6.96. The van der Waals surface area contributed by atoms with E-state index in [4.69, 9.17) is 16.3 Å². The Labute approximate surface area is 196 Å². The van der Waals surface area contributed by atoms with Crippen molar-refractivity contribution in [2.24, 2.45) is 5.92 Å². The number of sulfonamides is 1. The third-order valence-corrected chi connectivity index (χ3v) is 9.05. The minimum absolute atomic E-state index is 0.0450. The molecule has 2 heterocycles. The molecule has 1 unspecified atom stereocenters. The van der Waals surface area contributed by atoms with E-state index in [1.54, 1.807) is 29.2 Å². The van der Waals surface area contributed by atoms with Gasteiger partial charge in [-0.25, -0.2) is 13.2 Å². The summed E-state index contributed by atoms with van der Waals surface area (Å²) in [6, 6.07) is 6.24. The summed E-state index contributed by atoms with van der Waals surface area (Å²) in [6.45, 7) is 0.733. The van der Waals surface area contributed by atoms with Crippen LogP contribution in [0.15, 0.2) is 40.6 Å². The maximum absolute atomic E-state index is 13.2. The number of benzene rings is 1. The number of hydrogen-bond donors (Lipinski definition) is 1. The van der Waals surface area contributed by atoms with Crippen molar-refractivity contribution >= 4 is 50.5 Å². The first-order valence-electron chi connectivity index (χ1n) is 10.2. The molecule has 170 valence electrons. The standard InChI is InChI=1S/C22H23ClN2O5S2/c1-30-21(27)19-17-11-12-25(20(26)14-5-3-2-4-6-14)13-18(17)31-22(19)32(28,29)24-16-9-7-15(23)8-10-16/h2-3,7-10,14,24H,4-6,11-13H2,1H3. The van der Waals surface area contributed by atoms with E-state index in [0.717, 1.165) is 30.6 Å². The summed E-state index contributed by atoms with van der Waals surface area (Å²) in [5.74, 6) is -0.663. The van der Waals surface area contributed by atoms with Gasteiger partial charge in [0.1, 0.15) is 0 Å². The topological polar surface area (TPSA) is 92.8 Å². The molecule has 0 fully saturated rings. The number of esters is 1. The third kappa shape index (κ3) is 4.55. The van der Waals surface area contributed by atoms with Crippen molar-refractivity contribution in [1.29, 1.82) is 0 Å². The van der Waals surface area contributed by atoms with Crippen LogP contribution < -0.4 is 4.72 Å². The number of amides is 1. The maximum Gasteiger partial charge on any atom is 0.340 e. The molecule has 1 aromatic heterocycles. The number of hydrogen-bond acceptors (Lipinski definition) is 6. The molecule has 7 nitrogen and oxygen atoms in total. The van der Waals surface area contributed by atoms with Crippen LogP contribution in [-0.4, -0.2) is 38.8 Å². The predicted octanol–water partition coefficient (Wildman–Crippen LogP) is 4.23. The van der Waals surface area contributed by atoms with Gasteiger partial charge in [-0.1, -0.05) is 23.8 Å². The monoisotopic (exact) mass is 494 g/mol. The number of ether oxygens (including phenoxy) is 1. The molecular weight excluding hydrogens is 472 g/mol. The number of methoxy groups -OCH3 is 1. The quantitative estimate of drug-likeness (QED) is 0.496. The Morgan fingerprint density at radius 2 is 1.97 bits per heavy atom. The molecule has 4 rings (SSSR count). The van der Waals surface area contributed by atoms with E-state index in [9.17, 15) is 18.0 Å². The number of nitrogens with zero attached hydrogens (tertiary/aromatic N) is 1. The van der Waals surface area contributed by atoms with Crippen LogP contribution in [0.3, 0.4) is 0 Å². The van der Waals surface area contributed by atoms with Gasteiger partial charge in [0.05, 0.1) is 19.2 Å². The molecule has 1 aliphatic heterocycles. The second-order valence-electron chi connectivity index (χ2n) is 7.76. The van der Waals surface area contributed by atoms with Gasteiger partial charge in [0, 0.05) is 28.0 Å². The van der Waals surface area contributed by atoms with Crippen LogP contribution in [0.2, 0.25) is 5.02 Å². The molecule has 1 aliphatic carbocycles. The summed E-state index contributed by atoms with van der Waals surface area (Å²) in [7, 11) is -2.83. The van der Waals surface area contributed by atoms with Gasteiger partial charge in [-0.15, -0.1) is 11.3 Å². The van der Waals surface area contributed by atoms with Gasteiger partial charge in [0.2, 0.25) is 5.91 Å². The first-order chi connectivity index (χ1) is 15.3. The number of halogens is 1. The van der Waals surface area contributed by atoms with Crippen molar-refractivity contribution < 1.29 is 22.7 Å². The molecule has 0 radical (unpaired) electrons. The maximum atomic E-state index is 13.2. The highest BCUT2D eigenvalue weighted by molar-refractivity contribution is 7.94. The highest BCUT2D eigenvalue weighted by Gasteiger charge is 2.36. The Balaban J connectivity index is 1.65. The second-order valence-corrected chi connectivity index (χ2v) is 11.2. The Hall–Kier alpha value is -2.36. The normalized spacial score (nSPS) is 18.2. The molecule has 2 aliphatic rings. The molecule has 0 saturated carbocycles. The first kappa shape index (κ1) is 22.8. The molecule has 10 heteroatoms. The molecule has 1 atom stereocenters. The lowest BCUT2D eigenvalue weighted by Crippen LogP contribution is -2.39. The van der Waals surface area contributed by atoms with Gasteiger partial charge in [-0.05, 0) is 55.5 Å². The summed E-state index contributed by atoms with van der Waals surface area (Å²) in [5, 5.41) is 0.480. The van der Waals surface area contributed by atoms with Gasteiger partial charge in [-0.2, -0.15) is 0 Å². The van der Waals surface area contributed by atoms with E-state index >= 15 is 0 Å². The lowest BCUT2D eigenvalue weighted by atomic mass is 9.92. The van der Waals surface area contributed by atoms with Gasteiger partial charge in [0.25, 0.3) is 10.0 Å². The van der Waals surface area contributed by atoms with Crippen molar-refractivity contribution in [3.63, 3.8) is 0 Å². The van der Waals surface area contributed by atoms with Crippen LogP contribution in [-0.2, 0) is 32.5 Å². The van der Waals surface area contributed by atoms with Crippen molar-refractivity contribution in [3.05, 3.63) is 57.4 Å². The minimum Gasteiger partial charge on any atom is -0.465 e. The van der Waals surface area contributed by atoms with Crippen LogP contribution in [0.1, 0.15) is 40.1 Å². The van der Waals surface area contributed by atoms with Crippen LogP contribution in [0.4, 0.5) is 5.69 Å². The summed E-state index contributed by atoms with van der Waals surface area (Å²) >= 11 is 6.89. The zero-order chi connectivity index (χ0) is 22.9. The molecule has 32 heavy (non-hydrogen) atoms. The average molecular weight is 495 g/mol. The van der Waals surface area contributed by atoms with E-state index in [2.05, 4.69) is 10.8 Å². The highest BCUT2D eigenvalue weighted by Crippen LogP contribution is 2.38. The molecule has 1 N–H and O–H groups in total. The third-order valence-electron chi connectivity index (χ3n) is 5.68. The van der Waals surface area contributed by atoms with Crippen LogP contribution in [0.25, 0.3) is 0 Å². The van der Waals surface area contributed by atoms with Crippen molar-refractivity contribution in [2.45, 2.75) is 36.4 Å². The molecule has 0 bridgehead atoms. The van der Waals surface area contributed by atoms with Gasteiger partial charge < -0.3 is 9.64 Å². The van der Waals surface area contributed by atoms with Gasteiger partial charge in [0.15, 0.2) is 4.21 Å². The Morgan fingerprint density at radius 1 is 1.22 bits per heavy atom. The molecule has 2 aromatic rings. The average Bonchev–Trinajstić information content (AvgIpc) is 3.20. The lowest BCUT2D eigenvalue weighted by molar-refractivity contribution is -0.136. The Morgan fingerprint density at radius 3 is 2.62 bits per heavy atom. The van der Waals surface area contributed by atoms with Crippen LogP contribution in [0, 0.1) is 5.92 Å². The van der Waals surface area contributed by atoms with E-state index in [0.29, 0.717) is 40.7 Å². The van der Waals surface area contributed by atoms with E-state index < -0.39 is 16.0 Å². The Kier molecular flexibility index (Phi) is 6.60. The van der Waals surface area contributed by atoms with E-state index in [1.165, 1.54) is 7.11 Å². The molecular formula is C22H23ClN2O5S2. The van der Waals surface area contributed by atoms with E-state index in [1.807, 2.05) is 6.08 Å². The summed E-state index contributed by atoms with van der Waals surface area (Å²) in [4.78, 5) is 28.0. The number of thiophene rings is 1. The Bertz CT molecular complexity index is 1170. The van der Waals surface area contributed by atoms with Gasteiger partial charge >= 0.3 is 5.97 Å². The summed E-state index contributed by atoms with van der Waals surface area (Å²) < 4.78 is 33.7. The second kappa shape index (κ2) is 9.25. The summed E-state index contributed by atoms with van der Waals surface area (Å²) in [5.41, 5.74) is 1.03. The molecule has 1 aromatic carbocycles. The van der Waals surface area contributed by atoms with E-state index in [-0.39, 0.29) is 21.6 Å². The molecule has 1 amide bonds. The fourth-order valence-corrected chi connectivity index (χ4v) is 7.15. The first-order valence-corrected chi connectivity index (χ1v) is 12.9. The number of carbonyl (C=O) groups is 2. The van der Waals surface area contributed by atoms with Gasteiger partial charge in [-0.3, -0.25) is 9.52 Å². The van der Waals surface area contributed by atoms with Crippen LogP contribution >= 0.6 is 22.9 Å². The highest BCUT2D eigenvalue weighted by atomic mass is 35.5. The largest absolute Gasteiger partial charge is 0.465 e. The minimum atomic E-state index is -4.05. The number of nitrogens with one attached hydrogen (secondary N) is 1. The van der Waals surface area contributed by atoms with Crippen molar-refractivity contribution in [3.8, 4) is 0 Å². The van der Waals surface area contributed by atoms with Crippen LogP contribution in [0.5, 0.6) is 0 Å². The number of allylic oxidation sites excluding steroid dienone is 2. The number of fused-ring (bicyclic) bond motifs is 1. The number of rotatable bonds is 5. The fourth-order valence-electron chi connectivity index (χ4n) is 4.06. The SMILES string of the molecule is COC(=O)c1c(S(=O)(=O)Nc2ccc(Cl)cc2)sc2c1CCN(C(=O)C1CC=CCC1)C2. The number of anilines is 1. The smallest absolute Gasteiger partial charge is 0.340 e. The number of carbonyl (C=O) groups excluding carboxylic acids is 2. The van der Waals surface area contributed by atoms with Crippen molar-refractivity contribution in [1.82, 2.24) is 4.90 Å². The van der Waals surface area contributed by atoms with Crippen molar-refractivity contribution in [2.75, 3.05) is 18.4 Å². The lowest BCUT2D eigenvalue weighted by Gasteiger charge is -2.31. The molecule has 0 saturated heterocycles. The zero-order valence-electron chi connectivity index (χ0n) is 17.5. The zero-order valence-corrected chi connectivity index (χ0v) is 19.9. The molecule has 0 spiro atoms. The fraction of sp³-hybridized carbons (Fsp3) is 0.364.